The molecular formula is C12H11ClN2O4. The van der Waals surface area contributed by atoms with E-state index in [9.17, 15) is 14.4 Å². The lowest BCUT2D eigenvalue weighted by Crippen LogP contribution is -2.53. The molecule has 0 bridgehead atoms. The van der Waals surface area contributed by atoms with Gasteiger partial charge in [0.1, 0.15) is 18.8 Å². The Balaban J connectivity index is 2.28. The second kappa shape index (κ2) is 5.27. The van der Waals surface area contributed by atoms with Crippen molar-refractivity contribution >= 4 is 29.3 Å². The lowest BCUT2D eigenvalue weighted by Gasteiger charge is -2.26. The fraction of sp³-hybridized carbons (Fsp3) is 0.250. The standard InChI is InChI=1S/C12H11ClN2O4/c1-19-9-4-7(13)2-3-8(9)12(18)15-5-10(16)14-11(17)6-15/h2-4H,5-6H2,1H3,(H,14,16,17). The number of nitrogens with one attached hydrogen (secondary N) is 1. The Labute approximate surface area is 114 Å². The number of benzene rings is 1. The normalized spacial score (nSPS) is 15.2. The van der Waals surface area contributed by atoms with Gasteiger partial charge in [0.05, 0.1) is 12.7 Å². The highest BCUT2D eigenvalue weighted by molar-refractivity contribution is 6.30. The number of carbonyl (C=O) groups excluding carboxylic acids is 3. The lowest BCUT2D eigenvalue weighted by molar-refractivity contribution is -0.135. The molecule has 0 atom stereocenters. The van der Waals surface area contributed by atoms with Crippen LogP contribution in [0.25, 0.3) is 0 Å². The molecular weight excluding hydrogens is 272 g/mol. The predicted octanol–water partition coefficient (Wildman–Crippen LogP) is 0.447. The maximum atomic E-state index is 12.3. The Morgan fingerprint density at radius 1 is 1.32 bits per heavy atom. The third-order valence-corrected chi connectivity index (χ3v) is 2.86. The van der Waals surface area contributed by atoms with Gasteiger partial charge in [-0.1, -0.05) is 11.6 Å². The van der Waals surface area contributed by atoms with Gasteiger partial charge in [-0.2, -0.15) is 0 Å². The Morgan fingerprint density at radius 2 is 1.95 bits per heavy atom. The van der Waals surface area contributed by atoms with Gasteiger partial charge in [-0.05, 0) is 18.2 Å². The number of ether oxygens (including phenoxy) is 1. The van der Waals surface area contributed by atoms with Crippen LogP contribution in [0.3, 0.4) is 0 Å². The first-order chi connectivity index (χ1) is 9.01. The van der Waals surface area contributed by atoms with Crippen LogP contribution in [0.15, 0.2) is 18.2 Å². The van der Waals surface area contributed by atoms with Crippen molar-refractivity contribution in [2.75, 3.05) is 20.2 Å². The number of hydrogen-bond donors (Lipinski definition) is 1. The number of halogens is 1. The van der Waals surface area contributed by atoms with Crippen molar-refractivity contribution in [3.05, 3.63) is 28.8 Å². The van der Waals surface area contributed by atoms with Gasteiger partial charge in [-0.15, -0.1) is 0 Å². The maximum Gasteiger partial charge on any atom is 0.258 e. The third-order valence-electron chi connectivity index (χ3n) is 2.63. The molecule has 2 rings (SSSR count). The molecule has 1 aromatic rings. The summed E-state index contributed by atoms with van der Waals surface area (Å²) in [5, 5.41) is 2.56. The molecule has 0 aromatic heterocycles. The summed E-state index contributed by atoms with van der Waals surface area (Å²) in [6.45, 7) is -0.313. The summed E-state index contributed by atoms with van der Waals surface area (Å²) in [4.78, 5) is 35.9. The van der Waals surface area contributed by atoms with Crippen LogP contribution < -0.4 is 10.1 Å². The van der Waals surface area contributed by atoms with Crippen LogP contribution in [0.4, 0.5) is 0 Å². The number of nitrogens with zero attached hydrogens (tertiary/aromatic N) is 1. The van der Waals surface area contributed by atoms with Gasteiger partial charge in [-0.25, -0.2) is 0 Å². The van der Waals surface area contributed by atoms with Crippen LogP contribution in [0.1, 0.15) is 10.4 Å². The fourth-order valence-electron chi connectivity index (χ4n) is 1.79. The first-order valence-corrected chi connectivity index (χ1v) is 5.84. The number of amides is 3. The highest BCUT2D eigenvalue weighted by Gasteiger charge is 2.28. The van der Waals surface area contributed by atoms with Gasteiger partial charge in [-0.3, -0.25) is 19.7 Å². The molecule has 0 aliphatic carbocycles. The Hall–Kier alpha value is -2.08. The molecule has 7 heteroatoms. The fourth-order valence-corrected chi connectivity index (χ4v) is 1.95. The smallest absolute Gasteiger partial charge is 0.258 e. The molecule has 100 valence electrons. The average Bonchev–Trinajstić information content (AvgIpc) is 2.36. The second-order valence-electron chi connectivity index (χ2n) is 3.98. The predicted molar refractivity (Wildman–Crippen MR) is 67.1 cm³/mol. The first-order valence-electron chi connectivity index (χ1n) is 5.46. The molecule has 0 radical (unpaired) electrons. The minimum atomic E-state index is -0.502. The molecule has 3 amide bonds. The van der Waals surface area contributed by atoms with Gasteiger partial charge >= 0.3 is 0 Å². The van der Waals surface area contributed by atoms with Crippen molar-refractivity contribution in [2.45, 2.75) is 0 Å². The Bertz CT molecular complexity index is 543. The molecule has 1 N–H and O–H groups in total. The van der Waals surface area contributed by atoms with Gasteiger partial charge in [0.15, 0.2) is 0 Å². The quantitative estimate of drug-likeness (QED) is 0.799. The van der Waals surface area contributed by atoms with E-state index in [4.69, 9.17) is 16.3 Å². The SMILES string of the molecule is COc1cc(Cl)ccc1C(=O)N1CC(=O)NC(=O)C1. The van der Waals surface area contributed by atoms with Gasteiger partial charge in [0.2, 0.25) is 11.8 Å². The summed E-state index contributed by atoms with van der Waals surface area (Å²) in [6.07, 6.45) is 0. The van der Waals surface area contributed by atoms with Crippen LogP contribution in [0, 0.1) is 0 Å². The zero-order chi connectivity index (χ0) is 14.0. The van der Waals surface area contributed by atoms with E-state index in [2.05, 4.69) is 5.32 Å². The van der Waals surface area contributed by atoms with Crippen LogP contribution in [0.2, 0.25) is 5.02 Å². The van der Waals surface area contributed by atoms with E-state index in [1.807, 2.05) is 0 Å². The van der Waals surface area contributed by atoms with Crippen molar-refractivity contribution in [3.8, 4) is 5.75 Å². The lowest BCUT2D eigenvalue weighted by atomic mass is 10.1. The molecule has 6 nitrogen and oxygen atoms in total. The summed E-state index contributed by atoms with van der Waals surface area (Å²) in [5.41, 5.74) is 0.259. The van der Waals surface area contributed by atoms with Gasteiger partial charge < -0.3 is 9.64 Å². The van der Waals surface area contributed by atoms with Crippen molar-refractivity contribution in [1.82, 2.24) is 10.2 Å². The van der Waals surface area contributed by atoms with E-state index >= 15 is 0 Å². The van der Waals surface area contributed by atoms with Crippen molar-refractivity contribution < 1.29 is 19.1 Å². The summed E-state index contributed by atoms with van der Waals surface area (Å²) in [5.74, 6) is -1.15. The average molecular weight is 283 g/mol. The van der Waals surface area contributed by atoms with Crippen LogP contribution >= 0.6 is 11.6 Å². The highest BCUT2D eigenvalue weighted by atomic mass is 35.5. The topological polar surface area (TPSA) is 75.7 Å². The summed E-state index contributed by atoms with van der Waals surface area (Å²) in [7, 11) is 1.41. The van der Waals surface area contributed by atoms with E-state index in [-0.39, 0.29) is 18.7 Å². The van der Waals surface area contributed by atoms with E-state index in [1.165, 1.54) is 19.2 Å². The largest absolute Gasteiger partial charge is 0.496 e. The van der Waals surface area contributed by atoms with E-state index < -0.39 is 17.7 Å². The summed E-state index contributed by atoms with van der Waals surface area (Å²) >= 11 is 5.81. The number of methoxy groups -OCH3 is 1. The van der Waals surface area contributed by atoms with Crippen molar-refractivity contribution in [2.24, 2.45) is 0 Å². The molecule has 1 heterocycles. The first kappa shape index (κ1) is 13.4. The van der Waals surface area contributed by atoms with Crippen LogP contribution in [0.5, 0.6) is 5.75 Å². The molecule has 0 saturated carbocycles. The number of piperazine rings is 1. The van der Waals surface area contributed by atoms with Crippen LogP contribution in [-0.4, -0.2) is 42.8 Å². The van der Waals surface area contributed by atoms with Gasteiger partial charge in [0.25, 0.3) is 5.91 Å². The van der Waals surface area contributed by atoms with Crippen LogP contribution in [-0.2, 0) is 9.59 Å². The minimum absolute atomic E-state index is 0.156. The summed E-state index contributed by atoms with van der Waals surface area (Å²) in [6, 6.07) is 4.55. The maximum absolute atomic E-state index is 12.3. The minimum Gasteiger partial charge on any atom is -0.496 e. The molecule has 1 fully saturated rings. The zero-order valence-electron chi connectivity index (χ0n) is 10.1. The third kappa shape index (κ3) is 2.85. The van der Waals surface area contributed by atoms with E-state index in [0.717, 1.165) is 4.90 Å². The number of carbonyl (C=O) groups is 3. The molecule has 1 aliphatic rings. The second-order valence-corrected chi connectivity index (χ2v) is 4.41. The Kier molecular flexibility index (Phi) is 3.71. The van der Waals surface area contributed by atoms with E-state index in [0.29, 0.717) is 10.8 Å². The molecule has 0 unspecified atom stereocenters. The van der Waals surface area contributed by atoms with Gasteiger partial charge in [0, 0.05) is 5.02 Å². The van der Waals surface area contributed by atoms with E-state index in [1.54, 1.807) is 6.07 Å². The molecule has 0 spiro atoms. The molecule has 1 aliphatic heterocycles. The molecule has 19 heavy (non-hydrogen) atoms. The van der Waals surface area contributed by atoms with Crippen molar-refractivity contribution in [1.29, 1.82) is 0 Å². The number of hydrogen-bond acceptors (Lipinski definition) is 4. The Morgan fingerprint density at radius 3 is 2.53 bits per heavy atom. The molecule has 1 aromatic carbocycles. The summed E-state index contributed by atoms with van der Waals surface area (Å²) < 4.78 is 5.07. The number of imide groups is 1. The monoisotopic (exact) mass is 282 g/mol. The van der Waals surface area contributed by atoms with Crippen molar-refractivity contribution in [3.63, 3.8) is 0 Å². The molecule has 1 saturated heterocycles. The zero-order valence-corrected chi connectivity index (χ0v) is 10.9. The highest BCUT2D eigenvalue weighted by Crippen LogP contribution is 2.24. The number of rotatable bonds is 2.